The molecule has 0 nitrogen and oxygen atoms in total. The Hall–Kier alpha value is 0.140. The summed E-state index contributed by atoms with van der Waals surface area (Å²) >= 11 is 1.05. The van der Waals surface area contributed by atoms with Crippen molar-refractivity contribution in [1.29, 1.82) is 0 Å². The Morgan fingerprint density at radius 3 is 2.20 bits per heavy atom. The first-order valence-corrected chi connectivity index (χ1v) is 4.31. The van der Waals surface area contributed by atoms with Crippen LogP contribution in [0.25, 0.3) is 0 Å². The number of thioether (sulfide) groups is 1. The molecule has 1 fully saturated rings. The molecular weight excluding hydrogens is 161 g/mol. The number of rotatable bonds is 2. The second kappa shape index (κ2) is 3.03. The molecule has 60 valence electrons. The van der Waals surface area contributed by atoms with Gasteiger partial charge in [-0.3, -0.25) is 0 Å². The van der Waals surface area contributed by atoms with Gasteiger partial charge in [-0.05, 0) is 12.8 Å². The summed E-state index contributed by atoms with van der Waals surface area (Å²) < 4.78 is 34.7. The second-order valence-electron chi connectivity index (χ2n) is 2.48. The molecule has 4 heteroatoms. The minimum absolute atomic E-state index is 0.293. The van der Waals surface area contributed by atoms with Gasteiger partial charge >= 0.3 is 6.18 Å². The summed E-state index contributed by atoms with van der Waals surface area (Å²) in [5.41, 5.74) is 0. The molecule has 0 atom stereocenters. The van der Waals surface area contributed by atoms with Crippen molar-refractivity contribution in [3.8, 4) is 0 Å². The van der Waals surface area contributed by atoms with Crippen LogP contribution in [-0.2, 0) is 0 Å². The van der Waals surface area contributed by atoms with Crippen molar-refractivity contribution in [2.75, 3.05) is 5.75 Å². The van der Waals surface area contributed by atoms with Crippen molar-refractivity contribution < 1.29 is 13.2 Å². The number of halogens is 3. The fourth-order valence-corrected chi connectivity index (χ4v) is 1.84. The maximum absolute atomic E-state index is 11.6. The maximum Gasteiger partial charge on any atom is 0.397 e. The van der Waals surface area contributed by atoms with Gasteiger partial charge < -0.3 is 0 Å². The molecule has 1 rings (SSSR count). The summed E-state index contributed by atoms with van der Waals surface area (Å²) in [5, 5.41) is 0.293. The first kappa shape index (κ1) is 8.24. The van der Waals surface area contributed by atoms with E-state index in [-0.39, 0.29) is 0 Å². The maximum atomic E-state index is 11.6. The average molecular weight is 170 g/mol. The highest BCUT2D eigenvalue weighted by Crippen LogP contribution is 2.34. The van der Waals surface area contributed by atoms with E-state index >= 15 is 0 Å². The van der Waals surface area contributed by atoms with E-state index in [0.717, 1.165) is 31.0 Å². The summed E-state index contributed by atoms with van der Waals surface area (Å²) in [7, 11) is 0. The predicted octanol–water partition coefficient (Wildman–Crippen LogP) is 2.83. The van der Waals surface area contributed by atoms with Crippen LogP contribution in [0.3, 0.4) is 0 Å². The van der Waals surface area contributed by atoms with Crippen molar-refractivity contribution >= 4 is 11.8 Å². The Labute approximate surface area is 62.2 Å². The highest BCUT2D eigenvalue weighted by atomic mass is 32.2. The Kier molecular flexibility index (Phi) is 2.50. The summed E-state index contributed by atoms with van der Waals surface area (Å²) in [6.45, 7) is 0. The Morgan fingerprint density at radius 2 is 1.90 bits per heavy atom. The topological polar surface area (TPSA) is 0 Å². The van der Waals surface area contributed by atoms with Crippen molar-refractivity contribution in [2.45, 2.75) is 30.7 Å². The van der Waals surface area contributed by atoms with Gasteiger partial charge in [-0.1, -0.05) is 6.42 Å². The lowest BCUT2D eigenvalue weighted by atomic mass is 10.0. The molecule has 0 aliphatic heterocycles. The quantitative estimate of drug-likeness (QED) is 0.614. The monoisotopic (exact) mass is 170 g/mol. The second-order valence-corrected chi connectivity index (χ2v) is 3.77. The van der Waals surface area contributed by atoms with Crippen LogP contribution in [0.2, 0.25) is 0 Å². The standard InChI is InChI=1S/C6H9F3S/c7-6(8,9)4-10-5-2-1-3-5/h5H,1-4H2. The van der Waals surface area contributed by atoms with Gasteiger partial charge in [0.1, 0.15) is 0 Å². The van der Waals surface area contributed by atoms with Crippen LogP contribution in [0.15, 0.2) is 0 Å². The van der Waals surface area contributed by atoms with Crippen LogP contribution in [0.4, 0.5) is 13.2 Å². The van der Waals surface area contributed by atoms with Crippen molar-refractivity contribution in [2.24, 2.45) is 0 Å². The van der Waals surface area contributed by atoms with Crippen LogP contribution < -0.4 is 0 Å². The largest absolute Gasteiger partial charge is 0.397 e. The number of hydrogen-bond acceptors (Lipinski definition) is 1. The lowest BCUT2D eigenvalue weighted by molar-refractivity contribution is -0.105. The molecule has 0 radical (unpaired) electrons. The van der Waals surface area contributed by atoms with Crippen LogP contribution in [0.1, 0.15) is 19.3 Å². The van der Waals surface area contributed by atoms with Crippen molar-refractivity contribution in [3.05, 3.63) is 0 Å². The molecule has 0 aromatic rings. The molecule has 10 heavy (non-hydrogen) atoms. The highest BCUT2D eigenvalue weighted by molar-refractivity contribution is 8.00. The molecule has 0 heterocycles. The zero-order valence-corrected chi connectivity index (χ0v) is 6.26. The summed E-state index contributed by atoms with van der Waals surface area (Å²) in [6, 6.07) is 0. The molecule has 0 N–H and O–H groups in total. The summed E-state index contributed by atoms with van der Waals surface area (Å²) in [5.74, 6) is -0.669. The van der Waals surface area contributed by atoms with Crippen LogP contribution in [-0.4, -0.2) is 17.2 Å². The molecule has 0 aromatic carbocycles. The van der Waals surface area contributed by atoms with Gasteiger partial charge in [0.15, 0.2) is 0 Å². The fraction of sp³-hybridized carbons (Fsp3) is 1.00. The number of alkyl halides is 3. The molecule has 0 bridgehead atoms. The van der Waals surface area contributed by atoms with E-state index in [2.05, 4.69) is 0 Å². The molecule has 0 aromatic heterocycles. The van der Waals surface area contributed by atoms with Gasteiger partial charge in [0, 0.05) is 5.25 Å². The van der Waals surface area contributed by atoms with E-state index in [1.165, 1.54) is 0 Å². The number of hydrogen-bond donors (Lipinski definition) is 0. The minimum Gasteiger partial charge on any atom is -0.170 e. The van der Waals surface area contributed by atoms with Crippen LogP contribution in [0.5, 0.6) is 0 Å². The zero-order valence-electron chi connectivity index (χ0n) is 5.45. The van der Waals surface area contributed by atoms with Gasteiger partial charge in [-0.15, -0.1) is 11.8 Å². The van der Waals surface area contributed by atoms with Crippen LogP contribution >= 0.6 is 11.8 Å². The third-order valence-electron chi connectivity index (χ3n) is 1.53. The molecule has 0 unspecified atom stereocenters. The van der Waals surface area contributed by atoms with E-state index in [4.69, 9.17) is 0 Å². The lowest BCUT2D eigenvalue weighted by Gasteiger charge is -2.24. The normalized spacial score (nSPS) is 20.7. The highest BCUT2D eigenvalue weighted by Gasteiger charge is 2.30. The molecule has 1 aliphatic rings. The minimum atomic E-state index is -3.97. The first-order chi connectivity index (χ1) is 4.58. The zero-order chi connectivity index (χ0) is 7.61. The smallest absolute Gasteiger partial charge is 0.170 e. The van der Waals surface area contributed by atoms with Gasteiger partial charge in [0.25, 0.3) is 0 Å². The third-order valence-corrected chi connectivity index (χ3v) is 2.97. The first-order valence-electron chi connectivity index (χ1n) is 3.26. The van der Waals surface area contributed by atoms with Gasteiger partial charge in [-0.25, -0.2) is 0 Å². The van der Waals surface area contributed by atoms with Gasteiger partial charge in [0.05, 0.1) is 5.75 Å². The van der Waals surface area contributed by atoms with Gasteiger partial charge in [-0.2, -0.15) is 13.2 Å². The molecular formula is C6H9F3S. The lowest BCUT2D eigenvalue weighted by Crippen LogP contribution is -2.19. The predicted molar refractivity (Wildman–Crippen MR) is 36.2 cm³/mol. The van der Waals surface area contributed by atoms with E-state index in [1.54, 1.807) is 0 Å². The average Bonchev–Trinajstić information content (AvgIpc) is 1.56. The molecule has 0 amide bonds. The SMILES string of the molecule is FC(F)(F)CSC1CCC1. The van der Waals surface area contributed by atoms with E-state index in [9.17, 15) is 13.2 Å². The van der Waals surface area contributed by atoms with E-state index in [1.807, 2.05) is 0 Å². The van der Waals surface area contributed by atoms with E-state index < -0.39 is 11.9 Å². The Balaban J connectivity index is 2.04. The van der Waals surface area contributed by atoms with Crippen molar-refractivity contribution in [3.63, 3.8) is 0 Å². The van der Waals surface area contributed by atoms with E-state index in [0.29, 0.717) is 5.25 Å². The summed E-state index contributed by atoms with van der Waals surface area (Å²) in [6.07, 6.45) is -0.919. The van der Waals surface area contributed by atoms with Gasteiger partial charge in [0.2, 0.25) is 0 Å². The Bertz CT molecular complexity index is 106. The summed E-state index contributed by atoms with van der Waals surface area (Å²) in [4.78, 5) is 0. The fourth-order valence-electron chi connectivity index (χ4n) is 0.750. The molecule has 1 aliphatic carbocycles. The molecule has 0 spiro atoms. The van der Waals surface area contributed by atoms with Crippen LogP contribution in [0, 0.1) is 0 Å². The van der Waals surface area contributed by atoms with Crippen molar-refractivity contribution in [1.82, 2.24) is 0 Å². The Morgan fingerprint density at radius 1 is 1.30 bits per heavy atom. The third kappa shape index (κ3) is 2.82. The molecule has 0 saturated heterocycles. The molecule has 1 saturated carbocycles.